The zero-order valence-electron chi connectivity index (χ0n) is 40.5. The quantitative estimate of drug-likeness (QED) is 0.0273. The van der Waals surface area contributed by atoms with Gasteiger partial charge in [0.2, 0.25) is 5.91 Å². The van der Waals surface area contributed by atoms with E-state index in [2.05, 4.69) is 92.1 Å². The lowest BCUT2D eigenvalue weighted by molar-refractivity contribution is -0.870. The van der Waals surface area contributed by atoms with Gasteiger partial charge in [-0.25, -0.2) is 0 Å². The van der Waals surface area contributed by atoms with E-state index < -0.39 is 26.6 Å². The van der Waals surface area contributed by atoms with E-state index in [-0.39, 0.29) is 18.9 Å². The van der Waals surface area contributed by atoms with Crippen LogP contribution in [-0.2, 0) is 18.4 Å². The van der Waals surface area contributed by atoms with Gasteiger partial charge in [-0.2, -0.15) is 0 Å². The molecule has 0 aliphatic carbocycles. The molecule has 0 fully saturated rings. The van der Waals surface area contributed by atoms with Crippen LogP contribution in [0.15, 0.2) is 85.1 Å². The summed E-state index contributed by atoms with van der Waals surface area (Å²) in [6, 6.07) is -0.938. The van der Waals surface area contributed by atoms with Crippen molar-refractivity contribution in [2.75, 3.05) is 40.9 Å². The summed E-state index contributed by atoms with van der Waals surface area (Å²) in [5.41, 5.74) is 0. The average Bonchev–Trinajstić information content (AvgIpc) is 3.23. The van der Waals surface area contributed by atoms with E-state index >= 15 is 0 Å². The number of hydrogen-bond donors (Lipinski definition) is 2. The average molecular weight is 887 g/mol. The minimum atomic E-state index is -4.62. The second-order valence-corrected chi connectivity index (χ2v) is 19.2. The Morgan fingerprint density at radius 1 is 0.581 bits per heavy atom. The fraction of sp³-hybridized carbons (Fsp3) is 0.717. The maximum atomic E-state index is 12.9. The monoisotopic (exact) mass is 887 g/mol. The van der Waals surface area contributed by atoms with Crippen molar-refractivity contribution in [1.29, 1.82) is 0 Å². The first-order chi connectivity index (χ1) is 30.0. The van der Waals surface area contributed by atoms with Crippen molar-refractivity contribution in [3.05, 3.63) is 85.1 Å². The smallest absolute Gasteiger partial charge is 0.268 e. The molecule has 0 aromatic carbocycles. The van der Waals surface area contributed by atoms with E-state index in [0.717, 1.165) is 57.8 Å². The van der Waals surface area contributed by atoms with E-state index in [1.54, 1.807) is 6.08 Å². The van der Waals surface area contributed by atoms with E-state index in [0.29, 0.717) is 17.4 Å². The minimum absolute atomic E-state index is 0.0212. The molecule has 0 spiro atoms. The second kappa shape index (κ2) is 43.9. The number of nitrogens with one attached hydrogen (secondary N) is 1. The van der Waals surface area contributed by atoms with Gasteiger partial charge in [0.05, 0.1) is 39.9 Å². The van der Waals surface area contributed by atoms with Crippen LogP contribution < -0.4 is 10.2 Å². The van der Waals surface area contributed by atoms with E-state index in [1.165, 1.54) is 109 Å². The zero-order chi connectivity index (χ0) is 45.7. The maximum absolute atomic E-state index is 12.9. The molecule has 0 aromatic heterocycles. The van der Waals surface area contributed by atoms with Crippen molar-refractivity contribution in [3.8, 4) is 0 Å². The summed E-state index contributed by atoms with van der Waals surface area (Å²) in [7, 11) is 1.20. The van der Waals surface area contributed by atoms with Crippen LogP contribution in [0.1, 0.15) is 194 Å². The van der Waals surface area contributed by atoms with Gasteiger partial charge in [0, 0.05) is 6.42 Å². The Balaban J connectivity index is 4.46. The number of carbonyl (C=O) groups is 1. The lowest BCUT2D eigenvalue weighted by Gasteiger charge is -2.29. The normalized spacial score (nSPS) is 14.9. The molecule has 0 aromatic rings. The number of phosphoric acid groups is 1. The minimum Gasteiger partial charge on any atom is -0.756 e. The molecular formula is C53H95N2O6P. The third-order valence-corrected chi connectivity index (χ3v) is 11.6. The molecule has 9 heteroatoms. The van der Waals surface area contributed by atoms with Gasteiger partial charge >= 0.3 is 0 Å². The molecule has 8 nitrogen and oxygen atoms in total. The number of amides is 1. The van der Waals surface area contributed by atoms with Crippen molar-refractivity contribution in [2.45, 2.75) is 206 Å². The van der Waals surface area contributed by atoms with Crippen molar-refractivity contribution in [1.82, 2.24) is 5.32 Å². The fourth-order valence-electron chi connectivity index (χ4n) is 6.67. The van der Waals surface area contributed by atoms with Crippen LogP contribution in [0, 0.1) is 0 Å². The Hall–Kier alpha value is -2.32. The van der Waals surface area contributed by atoms with Gasteiger partial charge in [0.25, 0.3) is 7.82 Å². The first kappa shape index (κ1) is 59.7. The van der Waals surface area contributed by atoms with Gasteiger partial charge in [-0.15, -0.1) is 0 Å². The van der Waals surface area contributed by atoms with Crippen molar-refractivity contribution in [3.63, 3.8) is 0 Å². The van der Waals surface area contributed by atoms with Gasteiger partial charge in [0.15, 0.2) is 0 Å². The van der Waals surface area contributed by atoms with Gasteiger partial charge in [-0.3, -0.25) is 9.36 Å². The molecule has 358 valence electrons. The molecular weight excluding hydrogens is 792 g/mol. The molecule has 0 aliphatic rings. The topological polar surface area (TPSA) is 108 Å². The van der Waals surface area contributed by atoms with Gasteiger partial charge in [-0.05, 0) is 70.6 Å². The molecule has 0 bridgehead atoms. The first-order valence-electron chi connectivity index (χ1n) is 24.9. The van der Waals surface area contributed by atoms with E-state index in [4.69, 9.17) is 9.05 Å². The number of nitrogens with zero attached hydrogens (tertiary/aromatic N) is 1. The summed E-state index contributed by atoms with van der Waals surface area (Å²) in [6.45, 7) is 4.46. The number of aliphatic hydroxyl groups excluding tert-OH is 1. The number of unbranched alkanes of at least 4 members (excludes halogenated alkanes) is 19. The Kier molecular flexibility index (Phi) is 42.3. The third kappa shape index (κ3) is 45.7. The van der Waals surface area contributed by atoms with Crippen LogP contribution in [0.3, 0.4) is 0 Å². The van der Waals surface area contributed by atoms with Crippen molar-refractivity contribution in [2.24, 2.45) is 0 Å². The largest absolute Gasteiger partial charge is 0.756 e. The molecule has 0 saturated carbocycles. The lowest BCUT2D eigenvalue weighted by atomic mass is 10.0. The Morgan fingerprint density at radius 2 is 1.00 bits per heavy atom. The maximum Gasteiger partial charge on any atom is 0.268 e. The van der Waals surface area contributed by atoms with Crippen molar-refractivity contribution < 1.29 is 32.9 Å². The fourth-order valence-corrected chi connectivity index (χ4v) is 7.40. The van der Waals surface area contributed by atoms with Crippen LogP contribution in [0.4, 0.5) is 0 Å². The third-order valence-electron chi connectivity index (χ3n) is 10.6. The number of likely N-dealkylation sites (N-methyl/N-ethyl adjacent to an activating group) is 1. The molecule has 1 amide bonds. The number of carbonyl (C=O) groups excluding carboxylic acids is 1. The van der Waals surface area contributed by atoms with E-state index in [9.17, 15) is 19.4 Å². The highest BCUT2D eigenvalue weighted by molar-refractivity contribution is 7.45. The molecule has 62 heavy (non-hydrogen) atoms. The highest BCUT2D eigenvalue weighted by Crippen LogP contribution is 2.38. The highest BCUT2D eigenvalue weighted by atomic mass is 31.2. The molecule has 3 unspecified atom stereocenters. The molecule has 0 radical (unpaired) electrons. The van der Waals surface area contributed by atoms with Crippen LogP contribution >= 0.6 is 7.82 Å². The van der Waals surface area contributed by atoms with Crippen LogP contribution in [0.2, 0.25) is 0 Å². The standard InChI is InChI=1S/C53H95N2O6P/c1-6-8-10-12-14-16-18-20-22-24-25-26-27-28-29-31-32-34-36-38-40-42-44-46-52(56)51(50-61-62(58,59)60-49-48-55(3,4)5)54-53(57)47-45-43-41-39-37-35-33-30-23-21-19-17-15-13-11-9-7-2/h9,11,15,17,21,23,33,35-36,38-39,41,44,46,51-52,56H,6-8,10,12-14,16,18-20,22,24-32,34,37,40,42-43,45,47-50H2,1-5H3,(H-,54,57,58,59)/b11-9-,17-15-,23-21-,35-33-,38-36+,41-39-,46-44+. The first-order valence-corrected chi connectivity index (χ1v) is 26.4. The summed E-state index contributed by atoms with van der Waals surface area (Å²) in [5.74, 6) is -0.266. The van der Waals surface area contributed by atoms with Gasteiger partial charge in [-0.1, -0.05) is 202 Å². The number of allylic oxidation sites excluding steroid dienone is 13. The number of quaternary nitrogens is 1. The van der Waals surface area contributed by atoms with Gasteiger partial charge < -0.3 is 28.8 Å². The second-order valence-electron chi connectivity index (χ2n) is 17.8. The summed E-state index contributed by atoms with van der Waals surface area (Å²) in [4.78, 5) is 25.3. The van der Waals surface area contributed by atoms with Crippen LogP contribution in [0.5, 0.6) is 0 Å². The molecule has 0 rings (SSSR count). The number of rotatable bonds is 44. The van der Waals surface area contributed by atoms with Crippen LogP contribution in [0.25, 0.3) is 0 Å². The lowest BCUT2D eigenvalue weighted by Crippen LogP contribution is -2.45. The number of hydrogen-bond acceptors (Lipinski definition) is 6. The molecule has 0 saturated heterocycles. The molecule has 3 atom stereocenters. The number of phosphoric ester groups is 1. The molecule has 2 N–H and O–H groups in total. The zero-order valence-corrected chi connectivity index (χ0v) is 41.4. The molecule has 0 aliphatic heterocycles. The van der Waals surface area contributed by atoms with Gasteiger partial charge in [0.1, 0.15) is 13.2 Å². The Morgan fingerprint density at radius 3 is 1.50 bits per heavy atom. The summed E-state index contributed by atoms with van der Waals surface area (Å²) in [6.07, 6.45) is 60.9. The Labute approximate surface area is 382 Å². The number of aliphatic hydroxyl groups is 1. The summed E-state index contributed by atoms with van der Waals surface area (Å²) >= 11 is 0. The molecule has 0 heterocycles. The van der Waals surface area contributed by atoms with Crippen molar-refractivity contribution >= 4 is 13.7 Å². The van der Waals surface area contributed by atoms with E-state index in [1.807, 2.05) is 27.2 Å². The highest BCUT2D eigenvalue weighted by Gasteiger charge is 2.23. The van der Waals surface area contributed by atoms with Crippen LogP contribution in [-0.4, -0.2) is 68.5 Å². The summed E-state index contributed by atoms with van der Waals surface area (Å²) < 4.78 is 23.2. The Bertz CT molecular complexity index is 1280. The predicted molar refractivity (Wildman–Crippen MR) is 265 cm³/mol. The summed E-state index contributed by atoms with van der Waals surface area (Å²) in [5, 5.41) is 13.8. The SMILES string of the molecule is CC/C=C\C/C=C\C/C=C\C/C=C\C/C=C\CCCC(=O)NC(COP(=O)([O-])OCC[N+](C)(C)C)C(O)/C=C/CC/C=C/CCCCCCCCCCCCCCCCCCC. The predicted octanol–water partition coefficient (Wildman–Crippen LogP) is 13.9.